The molecule has 0 amide bonds. The number of hydrogen-bond acceptors (Lipinski definition) is 4. The van der Waals surface area contributed by atoms with Crippen molar-refractivity contribution in [2.45, 2.75) is 12.5 Å². The van der Waals surface area contributed by atoms with Crippen molar-refractivity contribution < 1.29 is 14.6 Å². The molecule has 0 unspecified atom stereocenters. The number of methoxy groups -OCH3 is 1. The van der Waals surface area contributed by atoms with Crippen molar-refractivity contribution in [2.75, 3.05) is 7.11 Å². The summed E-state index contributed by atoms with van der Waals surface area (Å²) in [5, 5.41) is 9.63. The molecule has 0 bridgehead atoms. The number of pyridine rings is 1. The normalized spacial score (nSPS) is 12.2. The summed E-state index contributed by atoms with van der Waals surface area (Å²) in [5.74, 6) is -0.451. The van der Waals surface area contributed by atoms with Crippen LogP contribution >= 0.6 is 15.9 Å². The third kappa shape index (κ3) is 2.78. The topological polar surface area (TPSA) is 59.4 Å². The number of carbonyl (C=O) groups is 1. The second-order valence-electron chi connectivity index (χ2n) is 2.68. The molecule has 0 aliphatic heterocycles. The molecular formula is C9H10BrNO3. The van der Waals surface area contributed by atoms with Gasteiger partial charge in [-0.25, -0.2) is 4.98 Å². The number of aliphatic hydroxyl groups excluding tert-OH is 1. The smallest absolute Gasteiger partial charge is 0.308 e. The summed E-state index contributed by atoms with van der Waals surface area (Å²) in [7, 11) is 1.29. The summed E-state index contributed by atoms with van der Waals surface area (Å²) in [4.78, 5) is 14.8. The van der Waals surface area contributed by atoms with Crippen LogP contribution < -0.4 is 0 Å². The van der Waals surface area contributed by atoms with Gasteiger partial charge in [-0.3, -0.25) is 4.79 Å². The average Bonchev–Trinajstić information content (AvgIpc) is 2.18. The fourth-order valence-electron chi connectivity index (χ4n) is 0.998. The van der Waals surface area contributed by atoms with Crippen LogP contribution in [0.4, 0.5) is 0 Å². The van der Waals surface area contributed by atoms with Crippen LogP contribution in [-0.2, 0) is 9.53 Å². The lowest BCUT2D eigenvalue weighted by molar-refractivity contribution is -0.142. The van der Waals surface area contributed by atoms with Gasteiger partial charge in [0.05, 0.1) is 19.6 Å². The van der Waals surface area contributed by atoms with Crippen LogP contribution in [0, 0.1) is 0 Å². The van der Waals surface area contributed by atoms with Gasteiger partial charge in [-0.1, -0.05) is 6.07 Å². The van der Waals surface area contributed by atoms with Gasteiger partial charge in [-0.05, 0) is 22.0 Å². The average molecular weight is 260 g/mol. The highest BCUT2D eigenvalue weighted by molar-refractivity contribution is 9.10. The van der Waals surface area contributed by atoms with E-state index in [9.17, 15) is 9.90 Å². The van der Waals surface area contributed by atoms with Crippen molar-refractivity contribution in [3.8, 4) is 0 Å². The van der Waals surface area contributed by atoms with E-state index in [1.165, 1.54) is 7.11 Å². The zero-order valence-electron chi connectivity index (χ0n) is 7.61. The van der Waals surface area contributed by atoms with Crippen LogP contribution in [0.1, 0.15) is 18.1 Å². The van der Waals surface area contributed by atoms with Crippen molar-refractivity contribution in [2.24, 2.45) is 0 Å². The van der Waals surface area contributed by atoms with Crippen molar-refractivity contribution in [1.29, 1.82) is 0 Å². The minimum Gasteiger partial charge on any atom is -0.469 e. The maximum Gasteiger partial charge on any atom is 0.308 e. The third-order valence-electron chi connectivity index (χ3n) is 1.73. The second-order valence-corrected chi connectivity index (χ2v) is 3.43. The molecule has 0 fully saturated rings. The molecule has 1 rings (SSSR count). The first-order chi connectivity index (χ1) is 6.65. The van der Waals surface area contributed by atoms with Gasteiger partial charge in [0, 0.05) is 11.8 Å². The standard InChI is InChI=1S/C9H10BrNO3/c1-14-8(13)5-7(12)6-3-2-4-11-9(6)10/h2-4,7,12H,5H2,1H3/t7-/m1/s1. The van der Waals surface area contributed by atoms with Gasteiger partial charge in [0.2, 0.25) is 0 Å². The Balaban J connectivity index is 2.74. The Hall–Kier alpha value is -0.940. The fraction of sp³-hybridized carbons (Fsp3) is 0.333. The van der Waals surface area contributed by atoms with Crippen molar-refractivity contribution in [3.63, 3.8) is 0 Å². The molecule has 1 N–H and O–H groups in total. The zero-order chi connectivity index (χ0) is 10.6. The Bertz CT molecular complexity index is 330. The molecule has 0 spiro atoms. The van der Waals surface area contributed by atoms with Crippen LogP contribution in [0.3, 0.4) is 0 Å². The lowest BCUT2D eigenvalue weighted by Crippen LogP contribution is -2.08. The molecule has 0 aliphatic carbocycles. The molecule has 1 aromatic heterocycles. The molecule has 0 saturated carbocycles. The van der Waals surface area contributed by atoms with E-state index in [2.05, 4.69) is 25.7 Å². The van der Waals surface area contributed by atoms with Crippen LogP contribution in [-0.4, -0.2) is 23.2 Å². The molecule has 0 aromatic carbocycles. The van der Waals surface area contributed by atoms with Gasteiger partial charge in [0.1, 0.15) is 4.60 Å². The van der Waals surface area contributed by atoms with Crippen LogP contribution in [0.15, 0.2) is 22.9 Å². The highest BCUT2D eigenvalue weighted by Gasteiger charge is 2.15. The molecule has 0 saturated heterocycles. The predicted molar refractivity (Wildman–Crippen MR) is 53.5 cm³/mol. The Kier molecular flexibility index (Phi) is 4.03. The van der Waals surface area contributed by atoms with E-state index in [-0.39, 0.29) is 6.42 Å². The summed E-state index contributed by atoms with van der Waals surface area (Å²) in [5.41, 5.74) is 0.581. The number of ether oxygens (including phenoxy) is 1. The van der Waals surface area contributed by atoms with Gasteiger partial charge in [-0.2, -0.15) is 0 Å². The first-order valence-corrected chi connectivity index (χ1v) is 4.79. The van der Waals surface area contributed by atoms with E-state index in [4.69, 9.17) is 0 Å². The molecule has 4 nitrogen and oxygen atoms in total. The number of halogens is 1. The molecule has 0 aliphatic rings. The number of aromatic nitrogens is 1. The number of esters is 1. The van der Waals surface area contributed by atoms with E-state index in [0.717, 1.165) is 0 Å². The number of carbonyl (C=O) groups excluding carboxylic acids is 1. The van der Waals surface area contributed by atoms with E-state index < -0.39 is 12.1 Å². The monoisotopic (exact) mass is 259 g/mol. The summed E-state index contributed by atoms with van der Waals surface area (Å²) in [6, 6.07) is 3.39. The van der Waals surface area contributed by atoms with E-state index >= 15 is 0 Å². The minimum absolute atomic E-state index is 0.0687. The van der Waals surface area contributed by atoms with Gasteiger partial charge in [0.25, 0.3) is 0 Å². The third-order valence-corrected chi connectivity index (χ3v) is 2.40. The first kappa shape index (κ1) is 11.1. The number of aliphatic hydroxyl groups is 1. The highest BCUT2D eigenvalue weighted by Crippen LogP contribution is 2.23. The highest BCUT2D eigenvalue weighted by atomic mass is 79.9. The Labute approximate surface area is 90.0 Å². The number of hydrogen-bond donors (Lipinski definition) is 1. The van der Waals surface area contributed by atoms with E-state index in [1.54, 1.807) is 18.3 Å². The number of nitrogens with zero attached hydrogens (tertiary/aromatic N) is 1. The minimum atomic E-state index is -0.884. The van der Waals surface area contributed by atoms with E-state index in [0.29, 0.717) is 10.2 Å². The van der Waals surface area contributed by atoms with Crippen molar-refractivity contribution in [3.05, 3.63) is 28.5 Å². The summed E-state index contributed by atoms with van der Waals surface area (Å²) in [6.45, 7) is 0. The molecular weight excluding hydrogens is 250 g/mol. The molecule has 14 heavy (non-hydrogen) atoms. The number of rotatable bonds is 3. The summed E-state index contributed by atoms with van der Waals surface area (Å²) >= 11 is 3.19. The lowest BCUT2D eigenvalue weighted by atomic mass is 10.1. The maximum absolute atomic E-state index is 10.9. The molecule has 1 atom stereocenters. The molecule has 0 radical (unpaired) electrons. The SMILES string of the molecule is COC(=O)C[C@@H](O)c1cccnc1Br. The van der Waals surface area contributed by atoms with Crippen molar-refractivity contribution in [1.82, 2.24) is 4.98 Å². The van der Waals surface area contributed by atoms with Crippen molar-refractivity contribution >= 4 is 21.9 Å². The molecule has 1 heterocycles. The van der Waals surface area contributed by atoms with Crippen LogP contribution in [0.2, 0.25) is 0 Å². The maximum atomic E-state index is 10.9. The van der Waals surface area contributed by atoms with Crippen LogP contribution in [0.5, 0.6) is 0 Å². The molecule has 5 heteroatoms. The van der Waals surface area contributed by atoms with Gasteiger partial charge in [-0.15, -0.1) is 0 Å². The van der Waals surface area contributed by atoms with Gasteiger partial charge < -0.3 is 9.84 Å². The fourth-order valence-corrected chi connectivity index (χ4v) is 1.51. The molecule has 1 aromatic rings. The van der Waals surface area contributed by atoms with Gasteiger partial charge in [0.15, 0.2) is 0 Å². The summed E-state index contributed by atoms with van der Waals surface area (Å²) < 4.78 is 4.99. The van der Waals surface area contributed by atoms with E-state index in [1.807, 2.05) is 0 Å². The first-order valence-electron chi connectivity index (χ1n) is 4.00. The second kappa shape index (κ2) is 5.07. The van der Waals surface area contributed by atoms with Crippen LogP contribution in [0.25, 0.3) is 0 Å². The zero-order valence-corrected chi connectivity index (χ0v) is 9.19. The Morgan fingerprint density at radius 3 is 3.07 bits per heavy atom. The predicted octanol–water partition coefficient (Wildman–Crippen LogP) is 1.44. The quantitative estimate of drug-likeness (QED) is 0.660. The molecule has 76 valence electrons. The Morgan fingerprint density at radius 2 is 2.50 bits per heavy atom. The summed E-state index contributed by atoms with van der Waals surface area (Å²) in [6.07, 6.45) is 0.643. The van der Waals surface area contributed by atoms with Gasteiger partial charge >= 0.3 is 5.97 Å². The Morgan fingerprint density at radius 1 is 1.79 bits per heavy atom. The lowest BCUT2D eigenvalue weighted by Gasteiger charge is -2.10. The largest absolute Gasteiger partial charge is 0.469 e.